The Morgan fingerprint density at radius 3 is 3.00 bits per heavy atom. The molecule has 0 N–H and O–H groups in total. The van der Waals surface area contributed by atoms with Gasteiger partial charge in [0.1, 0.15) is 0 Å². The van der Waals surface area contributed by atoms with E-state index < -0.39 is 0 Å². The van der Waals surface area contributed by atoms with E-state index in [0.29, 0.717) is 12.3 Å². The summed E-state index contributed by atoms with van der Waals surface area (Å²) in [5.74, 6) is 0.696. The number of aromatic nitrogens is 6. The fourth-order valence-corrected chi connectivity index (χ4v) is 1.90. The van der Waals surface area contributed by atoms with Gasteiger partial charge in [-0.15, -0.1) is 5.10 Å². The first kappa shape index (κ1) is 11.3. The third-order valence-electron chi connectivity index (χ3n) is 2.57. The maximum Gasteiger partial charge on any atom is 0.233 e. The van der Waals surface area contributed by atoms with Crippen molar-refractivity contribution in [1.82, 2.24) is 29.4 Å². The second kappa shape index (κ2) is 4.49. The summed E-state index contributed by atoms with van der Waals surface area (Å²) in [6, 6.07) is 1.87. The summed E-state index contributed by atoms with van der Waals surface area (Å²) in [6.45, 7) is 2.61. The molecule has 3 rings (SSSR count). The molecule has 0 amide bonds. The summed E-state index contributed by atoms with van der Waals surface area (Å²) in [5.41, 5.74) is 1.82. The Labute approximate surface area is 112 Å². The van der Waals surface area contributed by atoms with Crippen LogP contribution in [0, 0.1) is 0 Å². The number of rotatable bonds is 3. The van der Waals surface area contributed by atoms with E-state index in [1.165, 1.54) is 0 Å². The Bertz CT molecular complexity index is 638. The Hall–Kier alpha value is -1.76. The molecule has 18 heavy (non-hydrogen) atoms. The molecule has 3 heterocycles. The largest absolute Gasteiger partial charge is 0.291 e. The molecule has 6 nitrogen and oxygen atoms in total. The van der Waals surface area contributed by atoms with E-state index in [4.69, 9.17) is 0 Å². The van der Waals surface area contributed by atoms with Gasteiger partial charge in [-0.1, -0.05) is 21.1 Å². The number of fused-ring (bicyclic) bond motifs is 1. The molecule has 3 aromatic rings. The molecule has 0 saturated carbocycles. The summed E-state index contributed by atoms with van der Waals surface area (Å²) in [5, 5.41) is 8.15. The van der Waals surface area contributed by atoms with Gasteiger partial charge in [-0.2, -0.15) is 0 Å². The molecule has 3 aromatic heterocycles. The molecule has 0 radical (unpaired) electrons. The molecule has 0 saturated heterocycles. The standard InChI is InChI=1S/C11H11BrN6/c1-8(12)10-7-18(16-15-10)6-9-5-17-4-2-3-13-11(17)14-9/h2-5,7-8H,6H2,1H3. The van der Waals surface area contributed by atoms with Crippen molar-refractivity contribution >= 4 is 21.7 Å². The highest BCUT2D eigenvalue weighted by molar-refractivity contribution is 9.09. The Morgan fingerprint density at radius 2 is 2.28 bits per heavy atom. The average Bonchev–Trinajstić information content (AvgIpc) is 2.94. The monoisotopic (exact) mass is 306 g/mol. The highest BCUT2D eigenvalue weighted by atomic mass is 79.9. The molecule has 92 valence electrons. The molecule has 1 unspecified atom stereocenters. The van der Waals surface area contributed by atoms with Crippen LogP contribution < -0.4 is 0 Å². The van der Waals surface area contributed by atoms with Crippen LogP contribution in [0.4, 0.5) is 0 Å². The highest BCUT2D eigenvalue weighted by Gasteiger charge is 2.08. The fourth-order valence-electron chi connectivity index (χ4n) is 1.69. The van der Waals surface area contributed by atoms with Crippen LogP contribution in [0.5, 0.6) is 0 Å². The predicted molar refractivity (Wildman–Crippen MR) is 69.5 cm³/mol. The van der Waals surface area contributed by atoms with Crippen molar-refractivity contribution in [3.63, 3.8) is 0 Å². The van der Waals surface area contributed by atoms with Crippen LogP contribution in [0.25, 0.3) is 5.78 Å². The molecular weight excluding hydrogens is 296 g/mol. The van der Waals surface area contributed by atoms with Crippen LogP contribution in [0.1, 0.15) is 23.1 Å². The number of nitrogens with zero attached hydrogens (tertiary/aromatic N) is 6. The molecule has 0 bridgehead atoms. The quantitative estimate of drug-likeness (QED) is 0.693. The zero-order valence-corrected chi connectivity index (χ0v) is 11.3. The first-order valence-electron chi connectivity index (χ1n) is 5.55. The Balaban J connectivity index is 1.86. The van der Waals surface area contributed by atoms with Gasteiger partial charge in [0.25, 0.3) is 0 Å². The summed E-state index contributed by atoms with van der Waals surface area (Å²) in [4.78, 5) is 8.79. The first-order valence-corrected chi connectivity index (χ1v) is 6.46. The predicted octanol–water partition coefficient (Wildman–Crippen LogP) is 1.82. The summed E-state index contributed by atoms with van der Waals surface area (Å²) in [7, 11) is 0. The van der Waals surface area contributed by atoms with E-state index in [2.05, 4.69) is 36.2 Å². The van der Waals surface area contributed by atoms with E-state index in [1.807, 2.05) is 36.0 Å². The molecule has 0 aliphatic rings. The van der Waals surface area contributed by atoms with Crippen LogP contribution in [-0.2, 0) is 6.54 Å². The number of alkyl halides is 1. The number of hydrogen-bond donors (Lipinski definition) is 0. The number of imidazole rings is 1. The number of hydrogen-bond acceptors (Lipinski definition) is 4. The molecule has 0 aliphatic carbocycles. The zero-order chi connectivity index (χ0) is 12.5. The molecule has 0 spiro atoms. The SMILES string of the molecule is CC(Br)c1cn(Cc2cn3cccnc3n2)nn1. The minimum atomic E-state index is 0.203. The molecule has 0 aromatic carbocycles. The topological polar surface area (TPSA) is 60.9 Å². The second-order valence-electron chi connectivity index (χ2n) is 4.02. The van der Waals surface area contributed by atoms with Gasteiger partial charge in [-0.25, -0.2) is 14.6 Å². The van der Waals surface area contributed by atoms with Gasteiger partial charge >= 0.3 is 0 Å². The van der Waals surface area contributed by atoms with Crippen molar-refractivity contribution < 1.29 is 0 Å². The van der Waals surface area contributed by atoms with E-state index in [-0.39, 0.29) is 4.83 Å². The minimum absolute atomic E-state index is 0.203. The lowest BCUT2D eigenvalue weighted by atomic mass is 10.4. The van der Waals surface area contributed by atoms with Crippen molar-refractivity contribution in [1.29, 1.82) is 0 Å². The maximum atomic E-state index is 4.41. The van der Waals surface area contributed by atoms with E-state index in [0.717, 1.165) is 11.4 Å². The van der Waals surface area contributed by atoms with Crippen molar-refractivity contribution in [3.05, 3.63) is 42.2 Å². The van der Waals surface area contributed by atoms with Crippen LogP contribution in [-0.4, -0.2) is 29.4 Å². The van der Waals surface area contributed by atoms with E-state index in [1.54, 1.807) is 10.9 Å². The summed E-state index contributed by atoms with van der Waals surface area (Å²) < 4.78 is 3.66. The van der Waals surface area contributed by atoms with Gasteiger partial charge < -0.3 is 0 Å². The lowest BCUT2D eigenvalue weighted by Crippen LogP contribution is -2.00. The Morgan fingerprint density at radius 1 is 1.39 bits per heavy atom. The van der Waals surface area contributed by atoms with Crippen LogP contribution in [0.2, 0.25) is 0 Å². The second-order valence-corrected chi connectivity index (χ2v) is 5.39. The smallest absolute Gasteiger partial charge is 0.233 e. The van der Waals surface area contributed by atoms with Crippen molar-refractivity contribution in [2.75, 3.05) is 0 Å². The highest BCUT2D eigenvalue weighted by Crippen LogP contribution is 2.18. The van der Waals surface area contributed by atoms with E-state index in [9.17, 15) is 0 Å². The molecule has 0 fully saturated rings. The Kier molecular flexibility index (Phi) is 2.83. The van der Waals surface area contributed by atoms with Crippen molar-refractivity contribution in [2.24, 2.45) is 0 Å². The zero-order valence-electron chi connectivity index (χ0n) is 9.73. The third kappa shape index (κ3) is 2.13. The molecule has 0 aliphatic heterocycles. The fraction of sp³-hybridized carbons (Fsp3) is 0.273. The van der Waals surface area contributed by atoms with Gasteiger partial charge in [0, 0.05) is 18.6 Å². The summed E-state index contributed by atoms with van der Waals surface area (Å²) in [6.07, 6.45) is 7.51. The first-order chi connectivity index (χ1) is 8.72. The molecule has 1 atom stereocenters. The van der Waals surface area contributed by atoms with E-state index >= 15 is 0 Å². The summed E-state index contributed by atoms with van der Waals surface area (Å²) >= 11 is 3.46. The molecular formula is C11H11BrN6. The lowest BCUT2D eigenvalue weighted by molar-refractivity contribution is 0.640. The number of halogens is 1. The third-order valence-corrected chi connectivity index (χ3v) is 3.04. The maximum absolute atomic E-state index is 4.41. The van der Waals surface area contributed by atoms with Gasteiger partial charge in [-0.3, -0.25) is 4.40 Å². The lowest BCUT2D eigenvalue weighted by Gasteiger charge is -1.95. The van der Waals surface area contributed by atoms with Gasteiger partial charge in [0.05, 0.1) is 29.0 Å². The minimum Gasteiger partial charge on any atom is -0.291 e. The molecule has 7 heteroatoms. The van der Waals surface area contributed by atoms with Gasteiger partial charge in [-0.05, 0) is 13.0 Å². The van der Waals surface area contributed by atoms with Crippen LogP contribution in [0.15, 0.2) is 30.9 Å². The average molecular weight is 307 g/mol. The van der Waals surface area contributed by atoms with Crippen molar-refractivity contribution in [3.8, 4) is 0 Å². The normalized spacial score (nSPS) is 13.0. The van der Waals surface area contributed by atoms with Gasteiger partial charge in [0.15, 0.2) is 0 Å². The van der Waals surface area contributed by atoms with Crippen molar-refractivity contribution in [2.45, 2.75) is 18.3 Å². The van der Waals surface area contributed by atoms with Crippen LogP contribution in [0.3, 0.4) is 0 Å². The van der Waals surface area contributed by atoms with Gasteiger partial charge in [0.2, 0.25) is 5.78 Å². The van der Waals surface area contributed by atoms with Crippen LogP contribution >= 0.6 is 15.9 Å².